The summed E-state index contributed by atoms with van der Waals surface area (Å²) < 4.78 is 31.8. The first-order chi connectivity index (χ1) is 8.62. The molecular formula is C11H14N2O3S2. The van der Waals surface area contributed by atoms with Crippen LogP contribution in [0.5, 0.6) is 0 Å². The molecule has 0 saturated carbocycles. The van der Waals surface area contributed by atoms with Gasteiger partial charge in [-0.3, -0.25) is 0 Å². The topological polar surface area (TPSA) is 85.3 Å². The molecule has 2 aromatic rings. The van der Waals surface area contributed by atoms with E-state index in [1.807, 2.05) is 6.07 Å². The van der Waals surface area contributed by atoms with Gasteiger partial charge in [-0.25, -0.2) is 13.1 Å². The Hall–Kier alpha value is -1.15. The van der Waals surface area contributed by atoms with Crippen molar-refractivity contribution in [1.29, 1.82) is 0 Å². The van der Waals surface area contributed by atoms with Gasteiger partial charge in [-0.05, 0) is 24.3 Å². The van der Waals surface area contributed by atoms with Crippen molar-refractivity contribution in [3.05, 3.63) is 41.2 Å². The smallest absolute Gasteiger partial charge is 0.250 e. The first-order valence-electron chi connectivity index (χ1n) is 5.42. The maximum atomic E-state index is 11.9. The third-order valence-corrected chi connectivity index (χ3v) is 5.41. The van der Waals surface area contributed by atoms with E-state index >= 15 is 0 Å². The molecular weight excluding hydrogens is 272 g/mol. The fourth-order valence-electron chi connectivity index (χ4n) is 1.45. The van der Waals surface area contributed by atoms with Crippen LogP contribution in [0.4, 0.5) is 0 Å². The van der Waals surface area contributed by atoms with Gasteiger partial charge in [-0.1, -0.05) is 0 Å². The van der Waals surface area contributed by atoms with Crippen LogP contribution < -0.4 is 10.5 Å². The highest BCUT2D eigenvalue weighted by Gasteiger charge is 2.15. The van der Waals surface area contributed by atoms with E-state index in [1.165, 1.54) is 11.3 Å². The van der Waals surface area contributed by atoms with Crippen molar-refractivity contribution in [2.24, 2.45) is 5.73 Å². The molecule has 98 valence electrons. The first-order valence-corrected chi connectivity index (χ1v) is 7.72. The molecule has 0 aliphatic rings. The van der Waals surface area contributed by atoms with Crippen molar-refractivity contribution >= 4 is 21.4 Å². The van der Waals surface area contributed by atoms with Crippen LogP contribution in [0, 0.1) is 0 Å². The van der Waals surface area contributed by atoms with Gasteiger partial charge in [0.25, 0.3) is 0 Å². The molecule has 18 heavy (non-hydrogen) atoms. The summed E-state index contributed by atoms with van der Waals surface area (Å²) in [4.78, 5) is 0.849. The molecule has 0 aliphatic heterocycles. The summed E-state index contributed by atoms with van der Waals surface area (Å²) in [6.45, 7) is 0.665. The Morgan fingerprint density at radius 1 is 1.33 bits per heavy atom. The highest BCUT2D eigenvalue weighted by molar-refractivity contribution is 7.91. The van der Waals surface area contributed by atoms with E-state index in [0.29, 0.717) is 23.7 Å². The highest BCUT2D eigenvalue weighted by Crippen LogP contribution is 2.20. The second-order valence-corrected chi connectivity index (χ2v) is 6.81. The van der Waals surface area contributed by atoms with Crippen LogP contribution in [0.2, 0.25) is 0 Å². The second-order valence-electron chi connectivity index (χ2n) is 3.65. The molecule has 2 rings (SSSR count). The molecule has 7 heteroatoms. The maximum Gasteiger partial charge on any atom is 0.250 e. The van der Waals surface area contributed by atoms with Crippen molar-refractivity contribution in [1.82, 2.24) is 4.72 Å². The van der Waals surface area contributed by atoms with Gasteiger partial charge in [0.2, 0.25) is 10.0 Å². The highest BCUT2D eigenvalue weighted by atomic mass is 32.2. The van der Waals surface area contributed by atoms with Gasteiger partial charge in [0, 0.05) is 24.4 Å². The zero-order valence-electron chi connectivity index (χ0n) is 9.63. The number of thiophene rings is 1. The minimum absolute atomic E-state index is 0.294. The molecule has 0 fully saturated rings. The van der Waals surface area contributed by atoms with Gasteiger partial charge in [-0.15, -0.1) is 11.3 Å². The van der Waals surface area contributed by atoms with Gasteiger partial charge in [0.1, 0.15) is 9.97 Å². The summed E-state index contributed by atoms with van der Waals surface area (Å²) in [6.07, 6.45) is 2.10. The van der Waals surface area contributed by atoms with Crippen molar-refractivity contribution in [3.63, 3.8) is 0 Å². The lowest BCUT2D eigenvalue weighted by molar-refractivity contribution is 0.506. The molecule has 0 aromatic carbocycles. The number of hydrogen-bond donors (Lipinski definition) is 2. The number of nitrogens with two attached hydrogens (primary N) is 1. The van der Waals surface area contributed by atoms with E-state index in [-0.39, 0.29) is 0 Å². The number of sulfonamides is 1. The lowest BCUT2D eigenvalue weighted by Crippen LogP contribution is -2.25. The number of nitrogens with one attached hydrogen (secondary N) is 1. The van der Waals surface area contributed by atoms with Crippen LogP contribution in [0.25, 0.3) is 0 Å². The van der Waals surface area contributed by atoms with Crippen molar-refractivity contribution in [2.75, 3.05) is 6.54 Å². The second kappa shape index (κ2) is 5.66. The lowest BCUT2D eigenvalue weighted by atomic mass is 10.3. The van der Waals surface area contributed by atoms with Gasteiger partial charge in [0.05, 0.1) is 6.26 Å². The molecule has 0 bridgehead atoms. The Kier molecular flexibility index (Phi) is 4.18. The van der Waals surface area contributed by atoms with E-state index in [4.69, 9.17) is 10.2 Å². The molecule has 0 aliphatic carbocycles. The molecule has 0 spiro atoms. The van der Waals surface area contributed by atoms with Crippen molar-refractivity contribution in [2.45, 2.75) is 17.2 Å². The van der Waals surface area contributed by atoms with Crippen molar-refractivity contribution in [3.8, 4) is 0 Å². The Bertz CT molecular complexity index is 588. The fourth-order valence-corrected chi connectivity index (χ4v) is 3.76. The predicted molar refractivity (Wildman–Crippen MR) is 69.8 cm³/mol. The fraction of sp³-hybridized carbons (Fsp3) is 0.273. The Balaban J connectivity index is 1.95. The average Bonchev–Trinajstić information content (AvgIpc) is 2.99. The molecule has 0 amide bonds. The average molecular weight is 286 g/mol. The quantitative estimate of drug-likeness (QED) is 0.838. The number of hydrogen-bond acceptors (Lipinski definition) is 5. The van der Waals surface area contributed by atoms with Gasteiger partial charge in [-0.2, -0.15) is 0 Å². The van der Waals surface area contributed by atoms with Crippen LogP contribution in [0.1, 0.15) is 10.6 Å². The van der Waals surface area contributed by atoms with E-state index in [0.717, 1.165) is 10.6 Å². The first kappa shape index (κ1) is 13.3. The van der Waals surface area contributed by atoms with Gasteiger partial charge < -0.3 is 10.2 Å². The van der Waals surface area contributed by atoms with E-state index in [2.05, 4.69) is 4.72 Å². The summed E-state index contributed by atoms with van der Waals surface area (Å²) in [5.74, 6) is 0.756. The molecule has 2 aromatic heterocycles. The molecule has 3 N–H and O–H groups in total. The summed E-state index contributed by atoms with van der Waals surface area (Å²) >= 11 is 1.19. The summed E-state index contributed by atoms with van der Waals surface area (Å²) in [5, 5.41) is 0. The minimum Gasteiger partial charge on any atom is -0.469 e. The van der Waals surface area contributed by atoms with Crippen LogP contribution in [-0.2, 0) is 23.0 Å². The van der Waals surface area contributed by atoms with Crippen LogP contribution in [0.15, 0.2) is 39.2 Å². The van der Waals surface area contributed by atoms with Crippen LogP contribution >= 0.6 is 11.3 Å². The summed E-state index contributed by atoms with van der Waals surface area (Å²) in [5.41, 5.74) is 5.45. The largest absolute Gasteiger partial charge is 0.469 e. The molecule has 0 saturated heterocycles. The van der Waals surface area contributed by atoms with E-state index in [9.17, 15) is 8.42 Å². The Labute approximate surface area is 110 Å². The monoisotopic (exact) mass is 286 g/mol. The van der Waals surface area contributed by atoms with E-state index < -0.39 is 10.0 Å². The summed E-state index contributed by atoms with van der Waals surface area (Å²) in [7, 11) is -3.43. The van der Waals surface area contributed by atoms with Gasteiger partial charge in [0.15, 0.2) is 0 Å². The summed E-state index contributed by atoms with van der Waals surface area (Å²) in [6, 6.07) is 6.89. The maximum absolute atomic E-state index is 11.9. The number of rotatable bonds is 6. The predicted octanol–water partition coefficient (Wildman–Crippen LogP) is 1.32. The normalized spacial score (nSPS) is 11.8. The third-order valence-electron chi connectivity index (χ3n) is 2.35. The zero-order chi connectivity index (χ0) is 13.0. The Morgan fingerprint density at radius 3 is 2.78 bits per heavy atom. The molecule has 5 nitrogen and oxygen atoms in total. The van der Waals surface area contributed by atoms with Crippen LogP contribution in [-0.4, -0.2) is 15.0 Å². The standard InChI is InChI=1S/C11H14N2O3S2/c12-8-10-3-4-11(17-10)18(14,15)13-6-5-9-2-1-7-16-9/h1-4,7,13H,5-6,8,12H2. The minimum atomic E-state index is -3.43. The van der Waals surface area contributed by atoms with E-state index in [1.54, 1.807) is 24.5 Å². The molecule has 0 unspecified atom stereocenters. The van der Waals surface area contributed by atoms with Crippen LogP contribution in [0.3, 0.4) is 0 Å². The SMILES string of the molecule is NCc1ccc(S(=O)(=O)NCCc2ccco2)s1. The zero-order valence-corrected chi connectivity index (χ0v) is 11.3. The molecule has 2 heterocycles. The molecule has 0 radical (unpaired) electrons. The van der Waals surface area contributed by atoms with Gasteiger partial charge >= 0.3 is 0 Å². The third kappa shape index (κ3) is 3.20. The van der Waals surface area contributed by atoms with Crippen molar-refractivity contribution < 1.29 is 12.8 Å². The number of furan rings is 1. The molecule has 0 atom stereocenters. The lowest BCUT2D eigenvalue weighted by Gasteiger charge is -2.03. The Morgan fingerprint density at radius 2 is 2.17 bits per heavy atom.